The number of nitrogens with zero attached hydrogens (tertiary/aromatic N) is 7. The maximum atomic E-state index is 2.38. The first kappa shape index (κ1) is 70.4. The number of aryl methyl sites for hydroxylation is 2. The molecular weight excluding hydrogens is 1470 g/mol. The quantitative estimate of drug-likeness (QED) is 0.152. The Bertz CT molecular complexity index is 8330. The van der Waals surface area contributed by atoms with Crippen molar-refractivity contribution in [3.8, 4) is 50.7 Å². The molecule has 0 bridgehead atoms. The van der Waals surface area contributed by atoms with Crippen molar-refractivity contribution in [3.05, 3.63) is 443 Å². The molecule has 0 aliphatic rings. The molecule has 570 valence electrons. The van der Waals surface area contributed by atoms with Crippen molar-refractivity contribution < 1.29 is 0 Å². The molecule has 7 aromatic heterocycles. The van der Waals surface area contributed by atoms with Crippen molar-refractivity contribution in [2.24, 2.45) is 14.1 Å². The van der Waals surface area contributed by atoms with Crippen molar-refractivity contribution in [3.63, 3.8) is 0 Å². The van der Waals surface area contributed by atoms with Gasteiger partial charge in [0, 0.05) is 140 Å². The van der Waals surface area contributed by atoms with Gasteiger partial charge in [0.15, 0.2) is 0 Å². The summed E-state index contributed by atoms with van der Waals surface area (Å²) < 4.78 is 16.4. The van der Waals surface area contributed by atoms with Gasteiger partial charge in [0.25, 0.3) is 0 Å². The van der Waals surface area contributed by atoms with Gasteiger partial charge in [-0.3, -0.25) is 0 Å². The van der Waals surface area contributed by atoms with E-state index < -0.39 is 0 Å². The molecule has 121 heavy (non-hydrogen) atoms. The predicted molar refractivity (Wildman–Crippen MR) is 514 cm³/mol. The first-order valence-electron chi connectivity index (χ1n) is 41.6. The topological polar surface area (TPSA) is 34.5 Å². The van der Waals surface area contributed by atoms with Crippen LogP contribution in [0.1, 0.15) is 0 Å². The number of hydrogen-bond donors (Lipinski definition) is 0. The lowest BCUT2D eigenvalue weighted by Crippen LogP contribution is -1.94. The molecule has 0 spiro atoms. The third kappa shape index (κ3) is 11.7. The number of hydrogen-bond acceptors (Lipinski definition) is 0. The summed E-state index contributed by atoms with van der Waals surface area (Å²) in [6.07, 6.45) is 0. The van der Waals surface area contributed by atoms with E-state index in [0.717, 1.165) is 0 Å². The number of aromatic nitrogens is 7. The monoisotopic (exact) mass is 1550 g/mol. The molecule has 0 unspecified atom stereocenters. The van der Waals surface area contributed by atoms with E-state index in [9.17, 15) is 0 Å². The number of rotatable bonds is 7. The van der Waals surface area contributed by atoms with Crippen molar-refractivity contribution >= 4 is 163 Å². The molecule has 0 aliphatic carbocycles. The Labute approximate surface area is 698 Å². The van der Waals surface area contributed by atoms with Crippen molar-refractivity contribution in [2.75, 3.05) is 0 Å². The molecule has 0 saturated heterocycles. The van der Waals surface area contributed by atoms with Crippen LogP contribution in [-0.2, 0) is 14.1 Å². The van der Waals surface area contributed by atoms with Crippen molar-refractivity contribution in [1.29, 1.82) is 0 Å². The van der Waals surface area contributed by atoms with E-state index in [2.05, 4.69) is 489 Å². The third-order valence-electron chi connectivity index (χ3n) is 24.9. The summed E-state index contributed by atoms with van der Waals surface area (Å²) in [5.41, 5.74) is 28.4. The largest absolute Gasteiger partial charge is 0.344 e. The second kappa shape index (κ2) is 29.0. The molecule has 19 aromatic carbocycles. The second-order valence-electron chi connectivity index (χ2n) is 31.6. The van der Waals surface area contributed by atoms with E-state index in [1.807, 2.05) is 0 Å². The van der Waals surface area contributed by atoms with Gasteiger partial charge in [-0.15, -0.1) is 0 Å². The van der Waals surface area contributed by atoms with Crippen LogP contribution in [0.15, 0.2) is 443 Å². The molecule has 0 aliphatic heterocycles. The highest BCUT2D eigenvalue weighted by Crippen LogP contribution is 2.43. The highest BCUT2D eigenvalue weighted by atomic mass is 15.0. The third-order valence-corrected chi connectivity index (χ3v) is 24.9. The molecule has 26 aromatic rings. The standard InChI is InChI=1S/C36H24N2.C31H22N2.C25H18N2.C22H15N/c1-3-11-27(12-4-1)37-33-17-9-7-15-29(33)31-23-25(19-21-35(31)37)26-20-22-36-32(24-26)30-16-8-10-18-34(30)38(36)28-13-5-2-6-14-28;1-32-28-13-7-5-11-24(28)26-19-21(15-17-29(26)32)22-16-18-31-27(20-22)25-12-6-8-14-30(25)33(31)23-9-3-2-4-10-23;1-26-22-11-5-2-10-20(22)21-16-17(14-15-23(21)26)27-24-12-6-3-8-18(24)19-9-4-7-13-25(19)27;1-2-10-18(11-3-1)23-21-13-7-6-12-19(21)20-14-16-8-4-5-9-17(16)15-22(20)23/h1-24H;2-20H,1H3;2-16H,1H3;1-15H. The minimum atomic E-state index is 1.18. The maximum Gasteiger partial charge on any atom is 0.0547 e. The summed E-state index contributed by atoms with van der Waals surface area (Å²) in [4.78, 5) is 0. The van der Waals surface area contributed by atoms with Gasteiger partial charge < -0.3 is 32.0 Å². The summed E-state index contributed by atoms with van der Waals surface area (Å²) in [6, 6.07) is 159. The zero-order valence-electron chi connectivity index (χ0n) is 66.8. The number of benzene rings is 19. The molecular formula is C114H79N7. The average Bonchev–Trinajstić information content (AvgIpc) is 1.59. The van der Waals surface area contributed by atoms with E-state index in [1.165, 1.54) is 214 Å². The second-order valence-corrected chi connectivity index (χ2v) is 31.6. The van der Waals surface area contributed by atoms with E-state index >= 15 is 0 Å². The lowest BCUT2D eigenvalue weighted by Gasteiger charge is -2.09. The van der Waals surface area contributed by atoms with E-state index in [4.69, 9.17) is 0 Å². The minimum absolute atomic E-state index is 1.18. The van der Waals surface area contributed by atoms with Gasteiger partial charge in [0.05, 0.1) is 55.2 Å². The van der Waals surface area contributed by atoms with E-state index in [-0.39, 0.29) is 0 Å². The van der Waals surface area contributed by atoms with Crippen LogP contribution in [0, 0.1) is 0 Å². The summed E-state index contributed by atoms with van der Waals surface area (Å²) in [7, 11) is 4.29. The molecule has 26 rings (SSSR count). The molecule has 0 radical (unpaired) electrons. The minimum Gasteiger partial charge on any atom is -0.344 e. The Hall–Kier alpha value is -16.0. The lowest BCUT2D eigenvalue weighted by molar-refractivity contribution is 1.01. The van der Waals surface area contributed by atoms with Crippen LogP contribution in [0.25, 0.3) is 214 Å². The fraction of sp³-hybridized carbons (Fsp3) is 0.0175. The number of fused-ring (bicyclic) bond motifs is 22. The van der Waals surface area contributed by atoms with Crippen LogP contribution >= 0.6 is 0 Å². The first-order valence-corrected chi connectivity index (χ1v) is 41.6. The smallest absolute Gasteiger partial charge is 0.0547 e. The molecule has 0 atom stereocenters. The fourth-order valence-electron chi connectivity index (χ4n) is 19.4. The van der Waals surface area contributed by atoms with Gasteiger partial charge in [-0.05, 0) is 209 Å². The van der Waals surface area contributed by atoms with Gasteiger partial charge in [0.1, 0.15) is 0 Å². The molecule has 0 saturated carbocycles. The SMILES string of the molecule is Cn1c2ccccc2c2cc(-c3ccc4c(c3)c3ccccc3n4-c3ccccc3)ccc21.Cn1c2ccccc2c2cc(-n3c4ccccc4c4ccccc43)ccc21.c1ccc(-n2c3ccccc3c3cc(-c4ccc5c(c4)c4ccccc4n5-c4ccccc4)ccc32)cc1.c1ccc(-n2c3ccccc3c3cc4ccccc4cc32)cc1. The Morgan fingerprint density at radius 3 is 0.653 bits per heavy atom. The molecule has 0 amide bonds. The maximum absolute atomic E-state index is 2.38. The van der Waals surface area contributed by atoms with Crippen LogP contribution in [0.3, 0.4) is 0 Å². The molecule has 0 fully saturated rings. The van der Waals surface area contributed by atoms with Crippen LogP contribution in [0.2, 0.25) is 0 Å². The highest BCUT2D eigenvalue weighted by Gasteiger charge is 2.21. The van der Waals surface area contributed by atoms with Crippen molar-refractivity contribution in [1.82, 2.24) is 32.0 Å². The number of para-hydroxylation sites is 12. The zero-order valence-corrected chi connectivity index (χ0v) is 66.8. The van der Waals surface area contributed by atoms with Crippen LogP contribution in [-0.4, -0.2) is 32.0 Å². The molecule has 7 nitrogen and oxygen atoms in total. The molecule has 7 heteroatoms. The summed E-state index contributed by atoms with van der Waals surface area (Å²) in [5.74, 6) is 0. The van der Waals surface area contributed by atoms with Gasteiger partial charge in [0.2, 0.25) is 0 Å². The molecule has 0 N–H and O–H groups in total. The average molecular weight is 1550 g/mol. The highest BCUT2D eigenvalue weighted by molar-refractivity contribution is 6.18. The van der Waals surface area contributed by atoms with E-state index in [1.54, 1.807) is 0 Å². The van der Waals surface area contributed by atoms with Gasteiger partial charge >= 0.3 is 0 Å². The van der Waals surface area contributed by atoms with Crippen molar-refractivity contribution in [2.45, 2.75) is 0 Å². The predicted octanol–water partition coefficient (Wildman–Crippen LogP) is 30.0. The summed E-state index contributed by atoms with van der Waals surface area (Å²) >= 11 is 0. The zero-order chi connectivity index (χ0) is 80.2. The molecule has 7 heterocycles. The lowest BCUT2D eigenvalue weighted by atomic mass is 10.0. The van der Waals surface area contributed by atoms with E-state index in [0.29, 0.717) is 0 Å². The first-order chi connectivity index (χ1) is 59.9. The Balaban J connectivity index is 0.0000000954. The Morgan fingerprint density at radius 2 is 0.322 bits per heavy atom. The summed E-state index contributed by atoms with van der Waals surface area (Å²) in [6.45, 7) is 0. The normalized spacial score (nSPS) is 11.7. The van der Waals surface area contributed by atoms with Crippen LogP contribution in [0.5, 0.6) is 0 Å². The Kier molecular flexibility index (Phi) is 16.9. The Morgan fingerprint density at radius 1 is 0.124 bits per heavy atom. The fourth-order valence-corrected chi connectivity index (χ4v) is 19.4. The van der Waals surface area contributed by atoms with Gasteiger partial charge in [-0.25, -0.2) is 0 Å². The van der Waals surface area contributed by atoms with Gasteiger partial charge in [-0.2, -0.15) is 0 Å². The summed E-state index contributed by atoms with van der Waals surface area (Å²) in [5, 5.41) is 20.6. The van der Waals surface area contributed by atoms with Crippen LogP contribution in [0.4, 0.5) is 0 Å². The van der Waals surface area contributed by atoms with Crippen LogP contribution < -0.4 is 0 Å². The van der Waals surface area contributed by atoms with Gasteiger partial charge in [-0.1, -0.05) is 267 Å².